The first kappa shape index (κ1) is 16.9. The number of nitrogens with zero attached hydrogens (tertiary/aromatic N) is 3. The smallest absolute Gasteiger partial charge is 0.161 e. The third-order valence-corrected chi connectivity index (χ3v) is 4.52. The number of hydrogen-bond donors (Lipinski definition) is 1. The van der Waals surface area contributed by atoms with Gasteiger partial charge in [0.25, 0.3) is 0 Å². The number of aryl methyl sites for hydroxylation is 3. The Morgan fingerprint density at radius 2 is 1.81 bits per heavy atom. The molecule has 0 saturated heterocycles. The standard InChI is InChI=1S/C23H20N4/c1-16-8-9-17(2)19(14-16)10-11-20-15-25-23-21(7-5-13-27(20)23)26-22-18(3)6-4-12-24-22/h4-9,12-15H,1-3H3,(H,24,26). The van der Waals surface area contributed by atoms with Gasteiger partial charge in [-0.15, -0.1) is 0 Å². The zero-order valence-electron chi connectivity index (χ0n) is 15.6. The Bertz CT molecular complexity index is 1190. The van der Waals surface area contributed by atoms with E-state index in [2.05, 4.69) is 59.2 Å². The summed E-state index contributed by atoms with van der Waals surface area (Å²) in [6, 6.07) is 14.3. The highest BCUT2D eigenvalue weighted by Crippen LogP contribution is 2.22. The van der Waals surface area contributed by atoms with Crippen molar-refractivity contribution in [1.82, 2.24) is 14.4 Å². The van der Waals surface area contributed by atoms with Crippen LogP contribution in [0.1, 0.15) is 27.9 Å². The van der Waals surface area contributed by atoms with Gasteiger partial charge in [-0.25, -0.2) is 9.97 Å². The van der Waals surface area contributed by atoms with E-state index in [1.807, 2.05) is 48.0 Å². The first-order chi connectivity index (χ1) is 13.1. The predicted octanol–water partition coefficient (Wildman–Crippen LogP) is 4.80. The number of fused-ring (bicyclic) bond motifs is 1. The Labute approximate surface area is 158 Å². The number of benzene rings is 1. The van der Waals surface area contributed by atoms with Crippen LogP contribution in [0.15, 0.2) is 61.1 Å². The molecule has 0 aliphatic rings. The van der Waals surface area contributed by atoms with E-state index in [0.29, 0.717) is 0 Å². The van der Waals surface area contributed by atoms with Gasteiger partial charge < -0.3 is 5.32 Å². The van der Waals surface area contributed by atoms with Gasteiger partial charge in [-0.05, 0) is 67.6 Å². The highest BCUT2D eigenvalue weighted by Gasteiger charge is 2.08. The molecular formula is C23H20N4. The summed E-state index contributed by atoms with van der Waals surface area (Å²) in [6.07, 6.45) is 5.57. The van der Waals surface area contributed by atoms with Crippen LogP contribution in [0.25, 0.3) is 5.65 Å². The maximum absolute atomic E-state index is 4.57. The van der Waals surface area contributed by atoms with Gasteiger partial charge >= 0.3 is 0 Å². The molecule has 0 radical (unpaired) electrons. The second-order valence-corrected chi connectivity index (χ2v) is 6.62. The Hall–Kier alpha value is -3.58. The minimum absolute atomic E-state index is 0.827. The van der Waals surface area contributed by atoms with E-state index in [9.17, 15) is 0 Å². The first-order valence-electron chi connectivity index (χ1n) is 8.86. The summed E-state index contributed by atoms with van der Waals surface area (Å²) in [4.78, 5) is 8.97. The fourth-order valence-corrected chi connectivity index (χ4v) is 2.95. The Morgan fingerprint density at radius 1 is 0.926 bits per heavy atom. The van der Waals surface area contributed by atoms with Gasteiger partial charge in [0.1, 0.15) is 11.5 Å². The van der Waals surface area contributed by atoms with E-state index in [0.717, 1.165) is 34.0 Å². The second kappa shape index (κ2) is 6.97. The van der Waals surface area contributed by atoms with Crippen molar-refractivity contribution < 1.29 is 0 Å². The molecule has 0 saturated carbocycles. The zero-order valence-corrected chi connectivity index (χ0v) is 15.6. The Morgan fingerprint density at radius 3 is 2.67 bits per heavy atom. The maximum atomic E-state index is 4.57. The largest absolute Gasteiger partial charge is 0.337 e. The number of aromatic nitrogens is 3. The van der Waals surface area contributed by atoms with Gasteiger partial charge in [0.15, 0.2) is 5.65 Å². The van der Waals surface area contributed by atoms with Gasteiger partial charge in [0, 0.05) is 18.0 Å². The molecule has 0 aliphatic heterocycles. The molecule has 4 heteroatoms. The molecule has 0 amide bonds. The van der Waals surface area contributed by atoms with Gasteiger partial charge in [0.2, 0.25) is 0 Å². The van der Waals surface area contributed by atoms with E-state index < -0.39 is 0 Å². The Kier molecular flexibility index (Phi) is 4.35. The molecule has 0 spiro atoms. The quantitative estimate of drug-likeness (QED) is 0.527. The van der Waals surface area contributed by atoms with Crippen molar-refractivity contribution >= 4 is 17.2 Å². The van der Waals surface area contributed by atoms with Crippen LogP contribution in [0.5, 0.6) is 0 Å². The zero-order chi connectivity index (χ0) is 18.8. The number of nitrogens with one attached hydrogen (secondary N) is 1. The average molecular weight is 352 g/mol. The molecule has 0 bridgehead atoms. The summed E-state index contributed by atoms with van der Waals surface area (Å²) in [6.45, 7) is 6.19. The number of rotatable bonds is 2. The van der Waals surface area contributed by atoms with Crippen LogP contribution in [0.2, 0.25) is 0 Å². The average Bonchev–Trinajstić information content (AvgIpc) is 3.08. The van der Waals surface area contributed by atoms with Crippen LogP contribution in [-0.4, -0.2) is 14.4 Å². The van der Waals surface area contributed by atoms with Gasteiger partial charge in [-0.3, -0.25) is 4.40 Å². The fourth-order valence-electron chi connectivity index (χ4n) is 2.95. The molecule has 0 aliphatic carbocycles. The van der Waals surface area contributed by atoms with Crippen molar-refractivity contribution in [2.75, 3.05) is 5.32 Å². The molecule has 3 heterocycles. The van der Waals surface area contributed by atoms with E-state index in [1.165, 1.54) is 11.1 Å². The van der Waals surface area contributed by atoms with Crippen molar-refractivity contribution in [2.45, 2.75) is 20.8 Å². The van der Waals surface area contributed by atoms with Crippen LogP contribution < -0.4 is 5.32 Å². The molecule has 4 rings (SSSR count). The molecule has 4 nitrogen and oxygen atoms in total. The third-order valence-electron chi connectivity index (χ3n) is 4.52. The molecule has 132 valence electrons. The lowest BCUT2D eigenvalue weighted by Crippen LogP contribution is -1.99. The normalized spacial score (nSPS) is 10.5. The number of anilines is 2. The summed E-state index contributed by atoms with van der Waals surface area (Å²) >= 11 is 0. The molecule has 3 aromatic heterocycles. The van der Waals surface area contributed by atoms with Crippen molar-refractivity contribution in [1.29, 1.82) is 0 Å². The molecule has 0 fully saturated rings. The van der Waals surface area contributed by atoms with Crippen molar-refractivity contribution in [3.8, 4) is 11.8 Å². The summed E-state index contributed by atoms with van der Waals surface area (Å²) < 4.78 is 2.00. The topological polar surface area (TPSA) is 42.2 Å². The molecule has 27 heavy (non-hydrogen) atoms. The molecule has 0 unspecified atom stereocenters. The van der Waals surface area contributed by atoms with Gasteiger partial charge in [-0.2, -0.15) is 0 Å². The third kappa shape index (κ3) is 3.40. The number of hydrogen-bond acceptors (Lipinski definition) is 3. The van der Waals surface area contributed by atoms with Crippen molar-refractivity contribution in [3.63, 3.8) is 0 Å². The lowest BCUT2D eigenvalue weighted by atomic mass is 10.1. The first-order valence-corrected chi connectivity index (χ1v) is 8.86. The molecular weight excluding hydrogens is 332 g/mol. The minimum Gasteiger partial charge on any atom is -0.337 e. The second-order valence-electron chi connectivity index (χ2n) is 6.62. The SMILES string of the molecule is Cc1ccc(C)c(C#Cc2cnc3c(Nc4ncccc4C)cccn23)c1. The van der Waals surface area contributed by atoms with E-state index >= 15 is 0 Å². The van der Waals surface area contributed by atoms with Crippen LogP contribution in [0.3, 0.4) is 0 Å². The highest BCUT2D eigenvalue weighted by atomic mass is 15.1. The summed E-state index contributed by atoms with van der Waals surface area (Å²) in [5.74, 6) is 7.37. The maximum Gasteiger partial charge on any atom is 0.161 e. The lowest BCUT2D eigenvalue weighted by molar-refractivity contribution is 1.16. The monoisotopic (exact) mass is 352 g/mol. The van der Waals surface area contributed by atoms with Gasteiger partial charge in [-0.1, -0.05) is 24.1 Å². The van der Waals surface area contributed by atoms with E-state index in [4.69, 9.17) is 0 Å². The predicted molar refractivity (Wildman–Crippen MR) is 109 cm³/mol. The van der Waals surface area contributed by atoms with Gasteiger partial charge in [0.05, 0.1) is 11.9 Å². The fraction of sp³-hybridized carbons (Fsp3) is 0.130. The molecule has 0 atom stereocenters. The van der Waals surface area contributed by atoms with Crippen LogP contribution in [-0.2, 0) is 0 Å². The van der Waals surface area contributed by atoms with Crippen molar-refractivity contribution in [3.05, 3.63) is 89.0 Å². The van der Waals surface area contributed by atoms with Crippen LogP contribution in [0, 0.1) is 32.6 Å². The molecule has 1 N–H and O–H groups in total. The van der Waals surface area contributed by atoms with E-state index in [1.54, 1.807) is 6.20 Å². The number of pyridine rings is 2. The lowest BCUT2D eigenvalue weighted by Gasteiger charge is -2.09. The van der Waals surface area contributed by atoms with E-state index in [-0.39, 0.29) is 0 Å². The summed E-state index contributed by atoms with van der Waals surface area (Å²) in [7, 11) is 0. The van der Waals surface area contributed by atoms with Crippen molar-refractivity contribution in [2.24, 2.45) is 0 Å². The minimum atomic E-state index is 0.827. The highest BCUT2D eigenvalue weighted by molar-refractivity contribution is 5.74. The van der Waals surface area contributed by atoms with Crippen LogP contribution >= 0.6 is 0 Å². The Balaban J connectivity index is 1.72. The number of imidazole rings is 1. The molecule has 1 aromatic carbocycles. The summed E-state index contributed by atoms with van der Waals surface area (Å²) in [5, 5.41) is 3.38. The summed E-state index contributed by atoms with van der Waals surface area (Å²) in [5.41, 5.74) is 7.10. The molecule has 4 aromatic rings. The van der Waals surface area contributed by atoms with Crippen LogP contribution in [0.4, 0.5) is 11.5 Å².